The van der Waals surface area contributed by atoms with Gasteiger partial charge in [0.05, 0.1) is 15.9 Å². The Morgan fingerprint density at radius 2 is 1.82 bits per heavy atom. The second kappa shape index (κ2) is 8.51. The minimum atomic E-state index is -4.72. The van der Waals surface area contributed by atoms with Crippen LogP contribution in [-0.4, -0.2) is 26.6 Å². The first-order valence-electron chi connectivity index (χ1n) is 9.80. The number of thiophene rings is 1. The number of alkyl halides is 3. The van der Waals surface area contributed by atoms with E-state index in [4.69, 9.17) is 5.73 Å². The molecule has 0 spiro atoms. The average Bonchev–Trinajstić information content (AvgIpc) is 3.23. The zero-order valence-corrected chi connectivity index (χ0v) is 20.4. The second-order valence-corrected chi connectivity index (χ2v) is 9.39. The highest BCUT2D eigenvalue weighted by Gasteiger charge is 2.35. The van der Waals surface area contributed by atoms with E-state index in [-0.39, 0.29) is 32.0 Å². The summed E-state index contributed by atoms with van der Waals surface area (Å²) in [6.45, 7) is 3.55. The first-order chi connectivity index (χ1) is 15.9. The van der Waals surface area contributed by atoms with Gasteiger partial charge in [0.1, 0.15) is 21.1 Å². The predicted octanol–water partition coefficient (Wildman–Crippen LogP) is 5.45. The molecule has 0 bridgehead atoms. The van der Waals surface area contributed by atoms with Crippen molar-refractivity contribution < 1.29 is 22.8 Å². The first-order valence-corrected chi connectivity index (χ1v) is 11.4. The van der Waals surface area contributed by atoms with E-state index in [0.29, 0.717) is 27.1 Å². The lowest BCUT2D eigenvalue weighted by Gasteiger charge is -2.13. The van der Waals surface area contributed by atoms with Crippen LogP contribution in [0.15, 0.2) is 34.8 Å². The fourth-order valence-corrected chi connectivity index (χ4v) is 5.07. The van der Waals surface area contributed by atoms with Crippen LogP contribution in [0, 0.1) is 13.8 Å². The molecule has 12 heteroatoms. The number of amides is 2. The Balaban J connectivity index is 2.00. The number of halogens is 4. The predicted molar refractivity (Wildman–Crippen MR) is 127 cm³/mol. The maximum absolute atomic E-state index is 13.6. The number of hydrogen-bond donors (Lipinski definition) is 2. The number of benzene rings is 1. The van der Waals surface area contributed by atoms with Crippen molar-refractivity contribution in [2.75, 3.05) is 5.32 Å². The lowest BCUT2D eigenvalue weighted by atomic mass is 10.00. The highest BCUT2D eigenvalue weighted by atomic mass is 79.9. The third-order valence-electron chi connectivity index (χ3n) is 5.14. The summed E-state index contributed by atoms with van der Waals surface area (Å²) < 4.78 is 42.7. The lowest BCUT2D eigenvalue weighted by Crippen LogP contribution is -2.19. The SMILES string of the molecule is Cc1ccc(-c2cc(C(F)(F)F)nc3sc(C(N)=O)c(NC(=O)c4c(Br)c(C)nn4C)c23)cc1. The van der Waals surface area contributed by atoms with Gasteiger partial charge in [0.25, 0.3) is 11.8 Å². The minimum absolute atomic E-state index is 0.0000487. The zero-order valence-electron chi connectivity index (χ0n) is 18.0. The molecule has 0 aliphatic rings. The number of rotatable bonds is 4. The van der Waals surface area contributed by atoms with Gasteiger partial charge < -0.3 is 11.1 Å². The summed E-state index contributed by atoms with van der Waals surface area (Å²) in [5, 5.41) is 7.03. The fourth-order valence-electron chi connectivity index (χ4n) is 3.55. The van der Waals surface area contributed by atoms with Crippen LogP contribution in [0.3, 0.4) is 0 Å². The van der Waals surface area contributed by atoms with Gasteiger partial charge >= 0.3 is 6.18 Å². The molecule has 0 unspecified atom stereocenters. The summed E-state index contributed by atoms with van der Waals surface area (Å²) in [7, 11) is 1.57. The molecule has 4 aromatic rings. The van der Waals surface area contributed by atoms with Crippen molar-refractivity contribution in [3.63, 3.8) is 0 Å². The molecular formula is C22H17BrF3N5O2S. The summed E-state index contributed by atoms with van der Waals surface area (Å²) in [5.74, 6) is -1.52. The van der Waals surface area contributed by atoms with Crippen LogP contribution in [-0.2, 0) is 13.2 Å². The zero-order chi connectivity index (χ0) is 24.9. The molecule has 0 saturated carbocycles. The van der Waals surface area contributed by atoms with E-state index in [9.17, 15) is 22.8 Å². The fraction of sp³-hybridized carbons (Fsp3) is 0.182. The van der Waals surface area contributed by atoms with Gasteiger partial charge in [0, 0.05) is 12.4 Å². The normalized spacial score (nSPS) is 11.7. The van der Waals surface area contributed by atoms with E-state index >= 15 is 0 Å². The van der Waals surface area contributed by atoms with Crippen LogP contribution in [0.2, 0.25) is 0 Å². The Bertz CT molecular complexity index is 1460. The summed E-state index contributed by atoms with van der Waals surface area (Å²) in [6, 6.07) is 7.75. The molecule has 0 fully saturated rings. The van der Waals surface area contributed by atoms with Crippen LogP contribution in [0.4, 0.5) is 18.9 Å². The van der Waals surface area contributed by atoms with Crippen LogP contribution < -0.4 is 11.1 Å². The van der Waals surface area contributed by atoms with Gasteiger partial charge in [0.15, 0.2) is 0 Å². The first kappa shape index (κ1) is 23.9. The van der Waals surface area contributed by atoms with E-state index < -0.39 is 23.7 Å². The summed E-state index contributed by atoms with van der Waals surface area (Å²) >= 11 is 4.01. The average molecular weight is 552 g/mol. The van der Waals surface area contributed by atoms with Gasteiger partial charge in [-0.05, 0) is 47.0 Å². The molecule has 3 aromatic heterocycles. The highest BCUT2D eigenvalue weighted by Crippen LogP contribution is 2.44. The molecule has 1 aromatic carbocycles. The van der Waals surface area contributed by atoms with Crippen molar-refractivity contribution in [3.05, 3.63) is 62.3 Å². The Labute approximate surface area is 203 Å². The number of carbonyl (C=O) groups is 2. The molecule has 0 aliphatic heterocycles. The van der Waals surface area contributed by atoms with Gasteiger partial charge in [-0.25, -0.2) is 4.98 Å². The van der Waals surface area contributed by atoms with Crippen molar-refractivity contribution in [1.82, 2.24) is 14.8 Å². The van der Waals surface area contributed by atoms with Crippen LogP contribution in [0.1, 0.15) is 37.1 Å². The molecule has 0 atom stereocenters. The quantitative estimate of drug-likeness (QED) is 0.352. The Hall–Kier alpha value is -3.25. The van der Waals surface area contributed by atoms with Crippen LogP contribution >= 0.6 is 27.3 Å². The van der Waals surface area contributed by atoms with Crippen LogP contribution in [0.25, 0.3) is 21.3 Å². The molecule has 3 N–H and O–H groups in total. The number of anilines is 1. The minimum Gasteiger partial charge on any atom is -0.365 e. The number of nitrogens with two attached hydrogens (primary N) is 1. The third kappa shape index (κ3) is 4.18. The topological polar surface area (TPSA) is 103 Å². The number of pyridine rings is 1. The summed E-state index contributed by atoms with van der Waals surface area (Å²) in [6.07, 6.45) is -4.72. The highest BCUT2D eigenvalue weighted by molar-refractivity contribution is 9.10. The number of carbonyl (C=O) groups excluding carboxylic acids is 2. The molecule has 3 heterocycles. The maximum Gasteiger partial charge on any atom is 0.433 e. The van der Waals surface area contributed by atoms with Crippen LogP contribution in [0.5, 0.6) is 0 Å². The number of nitrogens with one attached hydrogen (secondary N) is 1. The molecule has 4 rings (SSSR count). The molecule has 176 valence electrons. The summed E-state index contributed by atoms with van der Waals surface area (Å²) in [4.78, 5) is 28.9. The molecule has 0 aliphatic carbocycles. The molecular weight excluding hydrogens is 535 g/mol. The van der Waals surface area contributed by atoms with Gasteiger partial charge in [-0.2, -0.15) is 18.3 Å². The number of nitrogens with zero attached hydrogens (tertiary/aromatic N) is 3. The van der Waals surface area contributed by atoms with Gasteiger partial charge in [-0.3, -0.25) is 14.3 Å². The van der Waals surface area contributed by atoms with Crippen molar-refractivity contribution in [3.8, 4) is 11.1 Å². The number of aromatic nitrogens is 3. The van der Waals surface area contributed by atoms with Crippen molar-refractivity contribution in [2.24, 2.45) is 12.8 Å². The van der Waals surface area contributed by atoms with E-state index in [2.05, 4.69) is 31.3 Å². The Kier molecular flexibility index (Phi) is 5.98. The lowest BCUT2D eigenvalue weighted by molar-refractivity contribution is -0.140. The molecule has 2 amide bonds. The van der Waals surface area contributed by atoms with E-state index in [1.54, 1.807) is 38.2 Å². The maximum atomic E-state index is 13.6. The standard InChI is InChI=1S/C22H17BrF3N5O2S/c1-9-4-6-11(7-5-9)12-8-13(22(24,25)26)28-21-14(12)16(18(34-21)19(27)32)29-20(33)17-15(23)10(2)30-31(17)3/h4-8H,1-3H3,(H2,27,32)(H,29,33). The van der Waals surface area contributed by atoms with E-state index in [0.717, 1.165) is 11.6 Å². The Morgan fingerprint density at radius 1 is 1.18 bits per heavy atom. The Morgan fingerprint density at radius 3 is 2.35 bits per heavy atom. The second-order valence-electron chi connectivity index (χ2n) is 7.60. The van der Waals surface area contributed by atoms with Crippen molar-refractivity contribution >= 4 is 55.0 Å². The van der Waals surface area contributed by atoms with Gasteiger partial charge in [-0.1, -0.05) is 29.8 Å². The molecule has 34 heavy (non-hydrogen) atoms. The van der Waals surface area contributed by atoms with Gasteiger partial charge in [0.2, 0.25) is 0 Å². The van der Waals surface area contributed by atoms with E-state index in [1.165, 1.54) is 4.68 Å². The van der Waals surface area contributed by atoms with E-state index in [1.807, 2.05) is 6.92 Å². The number of aryl methyl sites for hydroxylation is 3. The number of hydrogen-bond acceptors (Lipinski definition) is 5. The third-order valence-corrected chi connectivity index (χ3v) is 7.19. The molecule has 0 saturated heterocycles. The molecule has 0 radical (unpaired) electrons. The largest absolute Gasteiger partial charge is 0.433 e. The van der Waals surface area contributed by atoms with Crippen molar-refractivity contribution in [1.29, 1.82) is 0 Å². The van der Waals surface area contributed by atoms with Crippen molar-refractivity contribution in [2.45, 2.75) is 20.0 Å². The smallest absolute Gasteiger partial charge is 0.365 e. The van der Waals surface area contributed by atoms with Gasteiger partial charge in [-0.15, -0.1) is 11.3 Å². The number of fused-ring (bicyclic) bond motifs is 1. The monoisotopic (exact) mass is 551 g/mol. The number of primary amides is 1. The summed E-state index contributed by atoms with van der Waals surface area (Å²) in [5.41, 5.74) is 6.69. The molecule has 7 nitrogen and oxygen atoms in total.